The monoisotopic (exact) mass is 449 g/mol. The third kappa shape index (κ3) is 4.81. The molecule has 4 aromatic rings. The Morgan fingerprint density at radius 1 is 1.06 bits per heavy atom. The summed E-state index contributed by atoms with van der Waals surface area (Å²) in [5.41, 5.74) is 2.89. The molecular formula is C24H20ClN3O2S. The Kier molecular flexibility index (Phi) is 6.39. The molecule has 7 heteroatoms. The lowest BCUT2D eigenvalue weighted by atomic mass is 10.1. The Hall–Kier alpha value is -3.09. The van der Waals surface area contributed by atoms with E-state index in [-0.39, 0.29) is 17.2 Å². The van der Waals surface area contributed by atoms with Gasteiger partial charge in [0.1, 0.15) is 0 Å². The van der Waals surface area contributed by atoms with E-state index in [9.17, 15) is 9.59 Å². The number of rotatable bonds is 6. The van der Waals surface area contributed by atoms with Gasteiger partial charge in [0.05, 0.1) is 22.3 Å². The van der Waals surface area contributed by atoms with E-state index in [1.54, 1.807) is 42.5 Å². The molecule has 0 unspecified atom stereocenters. The van der Waals surface area contributed by atoms with E-state index in [0.29, 0.717) is 26.8 Å². The van der Waals surface area contributed by atoms with E-state index in [1.807, 2.05) is 30.3 Å². The summed E-state index contributed by atoms with van der Waals surface area (Å²) >= 11 is 7.36. The van der Waals surface area contributed by atoms with E-state index >= 15 is 0 Å². The van der Waals surface area contributed by atoms with Crippen molar-refractivity contribution in [2.45, 2.75) is 18.5 Å². The van der Waals surface area contributed by atoms with Gasteiger partial charge in [-0.25, -0.2) is 4.98 Å². The zero-order chi connectivity index (χ0) is 21.8. The third-order valence-electron chi connectivity index (χ3n) is 4.76. The standard InChI is InChI=1S/C24H20ClN3O2S/c1-2-16-7-5-9-18(13-16)26-22(29)15-31-24-27-21-12-4-3-11-20(21)23(30)28(24)19-10-6-8-17(25)14-19/h3-14H,2,15H2,1H3,(H,26,29). The van der Waals surface area contributed by atoms with Gasteiger partial charge >= 0.3 is 0 Å². The molecule has 0 saturated heterocycles. The molecule has 0 spiro atoms. The first-order valence-electron chi connectivity index (χ1n) is 9.84. The molecule has 0 atom stereocenters. The van der Waals surface area contributed by atoms with Gasteiger partial charge in [-0.05, 0) is 54.4 Å². The molecule has 4 rings (SSSR count). The number of benzene rings is 3. The molecule has 0 aliphatic heterocycles. The Balaban J connectivity index is 1.65. The highest BCUT2D eigenvalue weighted by Gasteiger charge is 2.15. The SMILES string of the molecule is CCc1cccc(NC(=O)CSc2nc3ccccc3c(=O)n2-c2cccc(Cl)c2)c1. The van der Waals surface area contributed by atoms with E-state index < -0.39 is 0 Å². The van der Waals surface area contributed by atoms with Crippen molar-refractivity contribution in [3.63, 3.8) is 0 Å². The molecule has 1 amide bonds. The van der Waals surface area contributed by atoms with Crippen LogP contribution in [0.4, 0.5) is 5.69 Å². The van der Waals surface area contributed by atoms with Gasteiger partial charge in [-0.2, -0.15) is 0 Å². The minimum Gasteiger partial charge on any atom is -0.325 e. The summed E-state index contributed by atoms with van der Waals surface area (Å²) < 4.78 is 1.50. The second-order valence-electron chi connectivity index (χ2n) is 6.92. The quantitative estimate of drug-likeness (QED) is 0.319. The first kappa shape index (κ1) is 21.2. The van der Waals surface area contributed by atoms with Crippen LogP contribution in [0.3, 0.4) is 0 Å². The minimum absolute atomic E-state index is 0.113. The van der Waals surface area contributed by atoms with Gasteiger partial charge < -0.3 is 5.32 Å². The molecule has 0 aliphatic carbocycles. The lowest BCUT2D eigenvalue weighted by molar-refractivity contribution is -0.113. The van der Waals surface area contributed by atoms with E-state index in [0.717, 1.165) is 17.7 Å². The van der Waals surface area contributed by atoms with Crippen molar-refractivity contribution in [2.75, 3.05) is 11.1 Å². The van der Waals surface area contributed by atoms with Gasteiger partial charge in [0, 0.05) is 10.7 Å². The highest BCUT2D eigenvalue weighted by atomic mass is 35.5. The van der Waals surface area contributed by atoms with Crippen molar-refractivity contribution in [1.82, 2.24) is 9.55 Å². The smallest absolute Gasteiger partial charge is 0.266 e. The Morgan fingerprint density at radius 2 is 1.87 bits per heavy atom. The predicted molar refractivity (Wildman–Crippen MR) is 128 cm³/mol. The van der Waals surface area contributed by atoms with Crippen LogP contribution < -0.4 is 10.9 Å². The topological polar surface area (TPSA) is 64.0 Å². The first-order valence-corrected chi connectivity index (χ1v) is 11.2. The molecule has 3 aromatic carbocycles. The lowest BCUT2D eigenvalue weighted by Crippen LogP contribution is -2.23. The lowest BCUT2D eigenvalue weighted by Gasteiger charge is -2.13. The summed E-state index contributed by atoms with van der Waals surface area (Å²) in [4.78, 5) is 30.5. The predicted octanol–water partition coefficient (Wildman–Crippen LogP) is 5.33. The van der Waals surface area contributed by atoms with Crippen LogP contribution in [-0.4, -0.2) is 21.2 Å². The number of amides is 1. The zero-order valence-electron chi connectivity index (χ0n) is 16.8. The molecule has 156 valence electrons. The van der Waals surface area contributed by atoms with Crippen LogP contribution in [0.1, 0.15) is 12.5 Å². The summed E-state index contributed by atoms with van der Waals surface area (Å²) in [7, 11) is 0. The summed E-state index contributed by atoms with van der Waals surface area (Å²) in [6, 6.07) is 22.0. The molecule has 5 nitrogen and oxygen atoms in total. The fourth-order valence-electron chi connectivity index (χ4n) is 3.25. The van der Waals surface area contributed by atoms with Gasteiger partial charge in [-0.3, -0.25) is 14.2 Å². The summed E-state index contributed by atoms with van der Waals surface area (Å²) in [5, 5.41) is 4.37. The number of fused-ring (bicyclic) bond motifs is 1. The highest BCUT2D eigenvalue weighted by Crippen LogP contribution is 2.23. The summed E-state index contributed by atoms with van der Waals surface area (Å²) in [5.74, 6) is -0.0554. The maximum absolute atomic E-state index is 13.2. The number of carbonyl (C=O) groups is 1. The molecule has 1 aromatic heterocycles. The molecular weight excluding hydrogens is 430 g/mol. The van der Waals surface area contributed by atoms with Crippen molar-refractivity contribution in [3.8, 4) is 5.69 Å². The van der Waals surface area contributed by atoms with E-state index in [4.69, 9.17) is 11.6 Å². The van der Waals surface area contributed by atoms with Crippen LogP contribution in [0.15, 0.2) is 82.7 Å². The van der Waals surface area contributed by atoms with E-state index in [2.05, 4.69) is 17.2 Å². The number of halogens is 1. The number of aryl methyl sites for hydroxylation is 1. The van der Waals surface area contributed by atoms with Gasteiger partial charge in [-0.1, -0.05) is 60.6 Å². The van der Waals surface area contributed by atoms with Crippen LogP contribution in [0.2, 0.25) is 5.02 Å². The molecule has 0 aliphatic rings. The molecule has 0 radical (unpaired) electrons. The van der Waals surface area contributed by atoms with Crippen LogP contribution in [0, 0.1) is 0 Å². The third-order valence-corrected chi connectivity index (χ3v) is 5.94. The number of hydrogen-bond acceptors (Lipinski definition) is 4. The number of thioether (sulfide) groups is 1. The van der Waals surface area contributed by atoms with Crippen LogP contribution in [-0.2, 0) is 11.2 Å². The summed E-state index contributed by atoms with van der Waals surface area (Å²) in [6.07, 6.45) is 0.894. The van der Waals surface area contributed by atoms with Gasteiger partial charge in [0.15, 0.2) is 5.16 Å². The average Bonchev–Trinajstić information content (AvgIpc) is 2.78. The second-order valence-corrected chi connectivity index (χ2v) is 8.30. The van der Waals surface area contributed by atoms with Gasteiger partial charge in [-0.15, -0.1) is 0 Å². The summed E-state index contributed by atoms with van der Waals surface area (Å²) in [6.45, 7) is 2.07. The number of aromatic nitrogens is 2. The fourth-order valence-corrected chi connectivity index (χ4v) is 4.25. The number of anilines is 1. The molecule has 0 saturated carbocycles. The van der Waals surface area contributed by atoms with Gasteiger partial charge in [0.25, 0.3) is 5.56 Å². The maximum atomic E-state index is 13.2. The number of nitrogens with one attached hydrogen (secondary N) is 1. The Labute approximate surface area is 189 Å². The molecule has 0 bridgehead atoms. The van der Waals surface area contributed by atoms with Crippen molar-refractivity contribution >= 4 is 45.9 Å². The van der Waals surface area contributed by atoms with E-state index in [1.165, 1.54) is 16.3 Å². The molecule has 1 heterocycles. The van der Waals surface area contributed by atoms with Crippen LogP contribution in [0.25, 0.3) is 16.6 Å². The fraction of sp³-hybridized carbons (Fsp3) is 0.125. The average molecular weight is 450 g/mol. The van der Waals surface area contributed by atoms with Crippen molar-refractivity contribution in [2.24, 2.45) is 0 Å². The highest BCUT2D eigenvalue weighted by molar-refractivity contribution is 7.99. The Bertz CT molecular complexity index is 1320. The van der Waals surface area contributed by atoms with Crippen molar-refractivity contribution in [1.29, 1.82) is 0 Å². The number of hydrogen-bond donors (Lipinski definition) is 1. The minimum atomic E-state index is -0.202. The van der Waals surface area contributed by atoms with Crippen molar-refractivity contribution in [3.05, 3.63) is 93.7 Å². The van der Waals surface area contributed by atoms with Crippen LogP contribution in [0.5, 0.6) is 0 Å². The zero-order valence-corrected chi connectivity index (χ0v) is 18.4. The molecule has 0 fully saturated rings. The van der Waals surface area contributed by atoms with Crippen molar-refractivity contribution < 1.29 is 4.79 Å². The number of carbonyl (C=O) groups excluding carboxylic acids is 1. The van der Waals surface area contributed by atoms with Gasteiger partial charge in [0.2, 0.25) is 5.91 Å². The van der Waals surface area contributed by atoms with Crippen LogP contribution >= 0.6 is 23.4 Å². The Morgan fingerprint density at radius 3 is 2.68 bits per heavy atom. The first-order chi connectivity index (χ1) is 15.0. The maximum Gasteiger partial charge on any atom is 0.266 e. The normalized spacial score (nSPS) is 10.9. The molecule has 31 heavy (non-hydrogen) atoms. The number of nitrogens with zero attached hydrogens (tertiary/aromatic N) is 2. The number of para-hydroxylation sites is 1. The largest absolute Gasteiger partial charge is 0.325 e. The molecule has 1 N–H and O–H groups in total. The second kappa shape index (κ2) is 9.37.